The summed E-state index contributed by atoms with van der Waals surface area (Å²) in [5, 5.41) is 0. The minimum atomic E-state index is -3.42. The minimum Gasteiger partial charge on any atom is -0.398 e. The molecule has 98 valence electrons. The number of nitrogens with two attached hydrogens (primary N) is 1. The highest BCUT2D eigenvalue weighted by molar-refractivity contribution is 7.89. The molecule has 5 heteroatoms. The molecule has 1 aliphatic heterocycles. The van der Waals surface area contributed by atoms with E-state index in [0.717, 1.165) is 18.4 Å². The van der Waals surface area contributed by atoms with Gasteiger partial charge in [-0.25, -0.2) is 8.42 Å². The predicted octanol–water partition coefficient (Wildman–Crippen LogP) is 1.75. The van der Waals surface area contributed by atoms with Gasteiger partial charge in [0.15, 0.2) is 0 Å². The van der Waals surface area contributed by atoms with E-state index < -0.39 is 10.0 Å². The second-order valence-electron chi connectivity index (χ2n) is 5.40. The number of fused-ring (bicyclic) bond motifs is 2. The molecule has 3 rings (SSSR count). The van der Waals surface area contributed by atoms with E-state index in [4.69, 9.17) is 5.73 Å². The first-order valence-electron chi connectivity index (χ1n) is 6.37. The molecule has 0 spiro atoms. The van der Waals surface area contributed by atoms with Gasteiger partial charge in [-0.15, -0.1) is 0 Å². The summed E-state index contributed by atoms with van der Waals surface area (Å²) < 4.78 is 27.1. The maximum absolute atomic E-state index is 12.7. The average Bonchev–Trinajstić information content (AvgIpc) is 2.90. The van der Waals surface area contributed by atoms with Crippen LogP contribution in [0.3, 0.4) is 0 Å². The van der Waals surface area contributed by atoms with Crippen molar-refractivity contribution in [3.63, 3.8) is 0 Å². The highest BCUT2D eigenvalue weighted by Crippen LogP contribution is 2.41. The molecule has 2 atom stereocenters. The van der Waals surface area contributed by atoms with E-state index in [1.807, 2.05) is 0 Å². The Labute approximate surface area is 108 Å². The van der Waals surface area contributed by atoms with Crippen molar-refractivity contribution in [2.75, 3.05) is 12.3 Å². The fourth-order valence-corrected chi connectivity index (χ4v) is 5.39. The van der Waals surface area contributed by atoms with Gasteiger partial charge in [-0.2, -0.15) is 4.31 Å². The van der Waals surface area contributed by atoms with E-state index in [9.17, 15) is 8.42 Å². The van der Waals surface area contributed by atoms with Gasteiger partial charge in [-0.1, -0.05) is 12.1 Å². The molecule has 1 saturated carbocycles. The molecular formula is C13H18N2O2S. The summed E-state index contributed by atoms with van der Waals surface area (Å²) in [6.45, 7) is 2.47. The monoisotopic (exact) mass is 266 g/mol. The Bertz CT molecular complexity index is 562. The highest BCUT2D eigenvalue weighted by Gasteiger charge is 2.44. The van der Waals surface area contributed by atoms with Crippen molar-refractivity contribution < 1.29 is 8.42 Å². The van der Waals surface area contributed by atoms with Crippen LogP contribution in [0.5, 0.6) is 0 Å². The Morgan fingerprint density at radius 3 is 2.67 bits per heavy atom. The third-order valence-electron chi connectivity index (χ3n) is 4.17. The van der Waals surface area contributed by atoms with Crippen LogP contribution in [0, 0.1) is 12.8 Å². The SMILES string of the molecule is Cc1cccc(N)c1S(=O)(=O)N1CC2CCC1C2. The van der Waals surface area contributed by atoms with E-state index in [1.54, 1.807) is 29.4 Å². The number of rotatable bonds is 2. The fourth-order valence-electron chi connectivity index (χ4n) is 3.32. The van der Waals surface area contributed by atoms with E-state index >= 15 is 0 Å². The van der Waals surface area contributed by atoms with Gasteiger partial charge in [0.25, 0.3) is 0 Å². The summed E-state index contributed by atoms with van der Waals surface area (Å²) in [4.78, 5) is 0.303. The first kappa shape index (κ1) is 12.0. The van der Waals surface area contributed by atoms with Gasteiger partial charge in [-0.05, 0) is 43.7 Å². The number of hydrogen-bond donors (Lipinski definition) is 1. The number of piperidine rings is 1. The molecule has 18 heavy (non-hydrogen) atoms. The van der Waals surface area contributed by atoms with Gasteiger partial charge in [-0.3, -0.25) is 0 Å². The molecule has 1 aliphatic carbocycles. The average molecular weight is 266 g/mol. The molecule has 1 heterocycles. The van der Waals surface area contributed by atoms with Crippen LogP contribution in [0.25, 0.3) is 0 Å². The van der Waals surface area contributed by atoms with Crippen LogP contribution in [-0.4, -0.2) is 25.3 Å². The lowest BCUT2D eigenvalue weighted by atomic mass is 10.1. The minimum absolute atomic E-state index is 0.194. The van der Waals surface area contributed by atoms with Gasteiger partial charge >= 0.3 is 0 Å². The molecular weight excluding hydrogens is 248 g/mol. The third-order valence-corrected chi connectivity index (χ3v) is 6.31. The summed E-state index contributed by atoms with van der Waals surface area (Å²) in [7, 11) is -3.42. The smallest absolute Gasteiger partial charge is 0.245 e. The van der Waals surface area contributed by atoms with E-state index in [2.05, 4.69) is 0 Å². The molecule has 2 unspecified atom stereocenters. The molecule has 1 aromatic carbocycles. The number of sulfonamides is 1. The lowest BCUT2D eigenvalue weighted by Crippen LogP contribution is -2.38. The van der Waals surface area contributed by atoms with Crippen molar-refractivity contribution >= 4 is 15.7 Å². The summed E-state index contributed by atoms with van der Waals surface area (Å²) in [6, 6.07) is 5.45. The molecule has 0 amide bonds. The first-order valence-corrected chi connectivity index (χ1v) is 7.81. The van der Waals surface area contributed by atoms with E-state index in [-0.39, 0.29) is 6.04 Å². The molecule has 2 aliphatic rings. The highest BCUT2D eigenvalue weighted by atomic mass is 32.2. The summed E-state index contributed by atoms with van der Waals surface area (Å²) in [5.74, 6) is 0.551. The number of aryl methyl sites for hydroxylation is 1. The molecule has 2 N–H and O–H groups in total. The van der Waals surface area contributed by atoms with Crippen molar-refractivity contribution in [2.24, 2.45) is 5.92 Å². The number of nitrogens with zero attached hydrogens (tertiary/aromatic N) is 1. The lowest BCUT2D eigenvalue weighted by Gasteiger charge is -2.27. The van der Waals surface area contributed by atoms with Crippen LogP contribution >= 0.6 is 0 Å². The molecule has 0 radical (unpaired) electrons. The summed E-state index contributed by atoms with van der Waals surface area (Å²) in [5.41, 5.74) is 6.96. The van der Waals surface area contributed by atoms with Crippen molar-refractivity contribution in [1.82, 2.24) is 4.31 Å². The second-order valence-corrected chi connectivity index (χ2v) is 7.23. The normalized spacial score (nSPS) is 27.8. The third kappa shape index (κ3) is 1.65. The molecule has 1 saturated heterocycles. The Morgan fingerprint density at radius 1 is 1.33 bits per heavy atom. The number of nitrogen functional groups attached to an aromatic ring is 1. The lowest BCUT2D eigenvalue weighted by molar-refractivity contribution is 0.333. The number of hydrogen-bond acceptors (Lipinski definition) is 3. The van der Waals surface area contributed by atoms with Crippen LogP contribution in [0.4, 0.5) is 5.69 Å². The Hall–Kier alpha value is -1.07. The zero-order chi connectivity index (χ0) is 12.9. The van der Waals surface area contributed by atoms with E-state index in [0.29, 0.717) is 23.0 Å². The van der Waals surface area contributed by atoms with Gasteiger partial charge < -0.3 is 5.73 Å². The Kier molecular flexibility index (Phi) is 2.64. The van der Waals surface area contributed by atoms with Crippen LogP contribution in [0.2, 0.25) is 0 Å². The van der Waals surface area contributed by atoms with Crippen LogP contribution in [0.15, 0.2) is 23.1 Å². The van der Waals surface area contributed by atoms with E-state index in [1.165, 1.54) is 6.42 Å². The van der Waals surface area contributed by atoms with Crippen molar-refractivity contribution in [2.45, 2.75) is 37.1 Å². The van der Waals surface area contributed by atoms with Crippen LogP contribution < -0.4 is 5.73 Å². The largest absolute Gasteiger partial charge is 0.398 e. The van der Waals surface area contributed by atoms with Crippen molar-refractivity contribution in [1.29, 1.82) is 0 Å². The number of benzene rings is 1. The molecule has 0 aromatic heterocycles. The maximum atomic E-state index is 12.7. The van der Waals surface area contributed by atoms with Gasteiger partial charge in [0.05, 0.1) is 5.69 Å². The van der Waals surface area contributed by atoms with Crippen molar-refractivity contribution in [3.05, 3.63) is 23.8 Å². The quantitative estimate of drug-likeness (QED) is 0.829. The van der Waals surface area contributed by atoms with Gasteiger partial charge in [0, 0.05) is 12.6 Å². The topological polar surface area (TPSA) is 63.4 Å². The molecule has 2 bridgehead atoms. The molecule has 4 nitrogen and oxygen atoms in total. The molecule has 2 fully saturated rings. The first-order chi connectivity index (χ1) is 8.50. The second kappa shape index (κ2) is 3.96. The Morgan fingerprint density at radius 2 is 2.11 bits per heavy atom. The summed E-state index contributed by atoms with van der Waals surface area (Å²) in [6.07, 6.45) is 3.18. The maximum Gasteiger partial charge on any atom is 0.245 e. The number of anilines is 1. The summed E-state index contributed by atoms with van der Waals surface area (Å²) >= 11 is 0. The predicted molar refractivity (Wildman–Crippen MR) is 70.6 cm³/mol. The zero-order valence-electron chi connectivity index (χ0n) is 10.5. The van der Waals surface area contributed by atoms with Crippen LogP contribution in [-0.2, 0) is 10.0 Å². The zero-order valence-corrected chi connectivity index (χ0v) is 11.3. The van der Waals surface area contributed by atoms with Crippen LogP contribution in [0.1, 0.15) is 24.8 Å². The molecule has 1 aromatic rings. The van der Waals surface area contributed by atoms with Gasteiger partial charge in [0.1, 0.15) is 4.90 Å². The van der Waals surface area contributed by atoms with Gasteiger partial charge in [0.2, 0.25) is 10.0 Å². The Balaban J connectivity index is 2.05. The van der Waals surface area contributed by atoms with Crippen molar-refractivity contribution in [3.8, 4) is 0 Å². The standard InChI is InChI=1S/C13H18N2O2S/c1-9-3-2-4-12(14)13(9)18(16,17)15-8-10-5-6-11(15)7-10/h2-4,10-11H,5-8,14H2,1H3. The fraction of sp³-hybridized carbons (Fsp3) is 0.538.